The van der Waals surface area contributed by atoms with E-state index in [1.807, 2.05) is 23.1 Å². The van der Waals surface area contributed by atoms with Crippen LogP contribution in [0.15, 0.2) is 30.3 Å². The second kappa shape index (κ2) is 12.6. The lowest BCUT2D eigenvalue weighted by molar-refractivity contribution is -0.136. The monoisotopic (exact) mass is 410 g/mol. The molecule has 3 N–H and O–H groups in total. The zero-order valence-corrected chi connectivity index (χ0v) is 17.9. The third-order valence-corrected chi connectivity index (χ3v) is 4.94. The molecule has 1 heterocycles. The Morgan fingerprint density at radius 1 is 1.25 bits per heavy atom. The minimum atomic E-state index is -0.133. The van der Waals surface area contributed by atoms with Crippen molar-refractivity contribution < 1.29 is 9.59 Å². The molecule has 2 rings (SSSR count). The number of urea groups is 1. The second-order valence-corrected chi connectivity index (χ2v) is 7.71. The van der Waals surface area contributed by atoms with E-state index in [9.17, 15) is 9.59 Å². The number of halogens is 1. The van der Waals surface area contributed by atoms with Crippen molar-refractivity contribution in [3.63, 3.8) is 0 Å². The average molecular weight is 411 g/mol. The number of carbonyl (C=O) groups excluding carboxylic acids is 2. The lowest BCUT2D eigenvalue weighted by Crippen LogP contribution is -2.50. The van der Waals surface area contributed by atoms with Crippen molar-refractivity contribution in [1.82, 2.24) is 15.1 Å². The molecular formula is C21H35ClN4O2. The Kier molecular flexibility index (Phi) is 10.9. The van der Waals surface area contributed by atoms with Crippen LogP contribution in [-0.2, 0) is 11.2 Å². The number of nitrogens with two attached hydrogens (primary N) is 1. The molecule has 1 aromatic rings. The van der Waals surface area contributed by atoms with Crippen LogP contribution < -0.4 is 11.1 Å². The van der Waals surface area contributed by atoms with Gasteiger partial charge in [0.1, 0.15) is 0 Å². The molecule has 1 atom stereocenters. The Bertz CT molecular complexity index is 597. The van der Waals surface area contributed by atoms with Crippen LogP contribution in [0.5, 0.6) is 0 Å². The molecule has 3 amide bonds. The standard InChI is InChI=1S/C21H34N4O2.ClH/c1-17(2)15-23-21(27)25-12-6-9-19(16-25)20(26)24(14-11-22)13-10-18-7-4-3-5-8-18;/h3-5,7-8,17,19H,6,9-16,22H2,1-2H3,(H,23,27);1H. The number of benzene rings is 1. The van der Waals surface area contributed by atoms with Gasteiger partial charge in [-0.2, -0.15) is 0 Å². The zero-order valence-electron chi connectivity index (χ0n) is 17.1. The first kappa shape index (κ1) is 24.2. The number of carbonyl (C=O) groups is 2. The Morgan fingerprint density at radius 3 is 2.61 bits per heavy atom. The van der Waals surface area contributed by atoms with Gasteiger partial charge in [-0.1, -0.05) is 44.2 Å². The number of amides is 3. The van der Waals surface area contributed by atoms with Crippen molar-refractivity contribution in [2.45, 2.75) is 33.1 Å². The van der Waals surface area contributed by atoms with E-state index < -0.39 is 0 Å². The molecule has 0 spiro atoms. The summed E-state index contributed by atoms with van der Waals surface area (Å²) in [6.07, 6.45) is 2.51. The molecule has 1 aromatic carbocycles. The molecule has 1 aliphatic heterocycles. The molecule has 28 heavy (non-hydrogen) atoms. The lowest BCUT2D eigenvalue weighted by atomic mass is 9.96. The van der Waals surface area contributed by atoms with Gasteiger partial charge in [-0.3, -0.25) is 4.79 Å². The second-order valence-electron chi connectivity index (χ2n) is 7.71. The van der Waals surface area contributed by atoms with Crippen LogP contribution in [0.2, 0.25) is 0 Å². The number of likely N-dealkylation sites (tertiary alicyclic amines) is 1. The molecule has 1 aliphatic rings. The highest BCUT2D eigenvalue weighted by molar-refractivity contribution is 5.85. The highest BCUT2D eigenvalue weighted by Gasteiger charge is 2.31. The summed E-state index contributed by atoms with van der Waals surface area (Å²) in [4.78, 5) is 29.1. The topological polar surface area (TPSA) is 78.7 Å². The predicted octanol–water partition coefficient (Wildman–Crippen LogP) is 2.52. The molecule has 0 aromatic heterocycles. The molecule has 6 nitrogen and oxygen atoms in total. The van der Waals surface area contributed by atoms with Gasteiger partial charge in [-0.15, -0.1) is 12.4 Å². The van der Waals surface area contributed by atoms with Crippen LogP contribution >= 0.6 is 12.4 Å². The summed E-state index contributed by atoms with van der Waals surface area (Å²) in [5.74, 6) is 0.401. The van der Waals surface area contributed by atoms with Crippen LogP contribution in [0.1, 0.15) is 32.3 Å². The van der Waals surface area contributed by atoms with Gasteiger partial charge in [0.25, 0.3) is 0 Å². The molecule has 158 valence electrons. The summed E-state index contributed by atoms with van der Waals surface area (Å²) in [7, 11) is 0. The number of nitrogens with zero attached hydrogens (tertiary/aromatic N) is 2. The van der Waals surface area contributed by atoms with E-state index >= 15 is 0 Å². The lowest BCUT2D eigenvalue weighted by Gasteiger charge is -2.35. The first-order valence-electron chi connectivity index (χ1n) is 10.1. The number of nitrogens with one attached hydrogen (secondary N) is 1. The summed E-state index contributed by atoms with van der Waals surface area (Å²) >= 11 is 0. The summed E-state index contributed by atoms with van der Waals surface area (Å²) in [6, 6.07) is 10.1. The fourth-order valence-electron chi connectivity index (χ4n) is 3.42. The SMILES string of the molecule is CC(C)CNC(=O)N1CCCC(C(=O)N(CCN)CCc2ccccc2)C1.Cl. The largest absolute Gasteiger partial charge is 0.341 e. The van der Waals surface area contributed by atoms with Gasteiger partial charge in [0, 0.05) is 39.3 Å². The van der Waals surface area contributed by atoms with E-state index in [0.717, 1.165) is 19.3 Å². The maximum atomic E-state index is 13.1. The van der Waals surface area contributed by atoms with Crippen molar-refractivity contribution in [1.29, 1.82) is 0 Å². The summed E-state index contributed by atoms with van der Waals surface area (Å²) in [5.41, 5.74) is 6.95. The summed E-state index contributed by atoms with van der Waals surface area (Å²) < 4.78 is 0. The van der Waals surface area contributed by atoms with Crippen molar-refractivity contribution in [2.24, 2.45) is 17.6 Å². The van der Waals surface area contributed by atoms with Crippen molar-refractivity contribution >= 4 is 24.3 Å². The Labute approximate surface area is 175 Å². The van der Waals surface area contributed by atoms with E-state index in [2.05, 4.69) is 31.3 Å². The molecule has 7 heteroatoms. The van der Waals surface area contributed by atoms with Crippen molar-refractivity contribution in [3.05, 3.63) is 35.9 Å². The number of rotatable bonds is 8. The van der Waals surface area contributed by atoms with Gasteiger partial charge in [0.05, 0.1) is 5.92 Å². The van der Waals surface area contributed by atoms with Crippen LogP contribution in [0.4, 0.5) is 4.79 Å². The third-order valence-electron chi connectivity index (χ3n) is 4.94. The molecule has 0 saturated carbocycles. The third kappa shape index (κ3) is 7.68. The van der Waals surface area contributed by atoms with Gasteiger partial charge in [0.15, 0.2) is 0 Å². The van der Waals surface area contributed by atoms with E-state index in [4.69, 9.17) is 5.73 Å². The number of hydrogen-bond donors (Lipinski definition) is 2. The number of hydrogen-bond acceptors (Lipinski definition) is 3. The smallest absolute Gasteiger partial charge is 0.317 e. The minimum absolute atomic E-state index is 0. The Balaban J connectivity index is 0.00000392. The first-order valence-corrected chi connectivity index (χ1v) is 10.1. The molecule has 1 fully saturated rings. The van der Waals surface area contributed by atoms with E-state index in [1.165, 1.54) is 5.56 Å². The van der Waals surface area contributed by atoms with Crippen LogP contribution in [-0.4, -0.2) is 61.0 Å². The van der Waals surface area contributed by atoms with Crippen molar-refractivity contribution in [3.8, 4) is 0 Å². The van der Waals surface area contributed by atoms with Gasteiger partial charge in [-0.05, 0) is 30.7 Å². The molecule has 0 aliphatic carbocycles. The van der Waals surface area contributed by atoms with Crippen LogP contribution in [0.3, 0.4) is 0 Å². The van der Waals surface area contributed by atoms with Crippen molar-refractivity contribution in [2.75, 3.05) is 39.3 Å². The fraction of sp³-hybridized carbons (Fsp3) is 0.619. The number of piperidine rings is 1. The Morgan fingerprint density at radius 2 is 1.96 bits per heavy atom. The average Bonchev–Trinajstić information content (AvgIpc) is 2.69. The minimum Gasteiger partial charge on any atom is -0.341 e. The van der Waals surface area contributed by atoms with Gasteiger partial charge in [-0.25, -0.2) is 4.79 Å². The van der Waals surface area contributed by atoms with E-state index in [-0.39, 0.29) is 30.3 Å². The van der Waals surface area contributed by atoms with Gasteiger partial charge < -0.3 is 20.9 Å². The van der Waals surface area contributed by atoms with E-state index in [0.29, 0.717) is 45.2 Å². The molecule has 0 radical (unpaired) electrons. The van der Waals surface area contributed by atoms with Crippen LogP contribution in [0, 0.1) is 11.8 Å². The van der Waals surface area contributed by atoms with E-state index in [1.54, 1.807) is 4.90 Å². The first-order chi connectivity index (χ1) is 13.0. The highest BCUT2D eigenvalue weighted by Crippen LogP contribution is 2.19. The highest BCUT2D eigenvalue weighted by atomic mass is 35.5. The summed E-state index contributed by atoms with van der Waals surface area (Å²) in [5, 5.41) is 2.95. The van der Waals surface area contributed by atoms with Gasteiger partial charge in [0.2, 0.25) is 5.91 Å². The maximum Gasteiger partial charge on any atom is 0.317 e. The normalized spacial score (nSPS) is 16.4. The molecule has 1 unspecified atom stereocenters. The maximum absolute atomic E-state index is 13.1. The van der Waals surface area contributed by atoms with Gasteiger partial charge >= 0.3 is 6.03 Å². The predicted molar refractivity (Wildman–Crippen MR) is 116 cm³/mol. The quantitative estimate of drug-likeness (QED) is 0.691. The zero-order chi connectivity index (χ0) is 19.6. The Hall–Kier alpha value is -1.79. The summed E-state index contributed by atoms with van der Waals surface area (Å²) in [6.45, 7) is 7.68. The molecule has 0 bridgehead atoms. The molecule has 1 saturated heterocycles. The molecular weight excluding hydrogens is 376 g/mol. The van der Waals surface area contributed by atoms with Crippen LogP contribution in [0.25, 0.3) is 0 Å². The fourth-order valence-corrected chi connectivity index (χ4v) is 3.42.